The second-order valence-electron chi connectivity index (χ2n) is 5.67. The first-order valence-electron chi connectivity index (χ1n) is 8.28. The molecule has 0 bridgehead atoms. The van der Waals surface area contributed by atoms with Gasteiger partial charge in [-0.2, -0.15) is 17.9 Å². The van der Waals surface area contributed by atoms with E-state index in [0.29, 0.717) is 37.0 Å². The Kier molecular flexibility index (Phi) is 6.32. The van der Waals surface area contributed by atoms with Crippen LogP contribution >= 0.6 is 12.6 Å². The Morgan fingerprint density at radius 3 is 2.56 bits per heavy atom. The number of nitrogens with zero attached hydrogens (tertiary/aromatic N) is 2. The van der Waals surface area contributed by atoms with E-state index in [0.717, 1.165) is 17.5 Å². The fourth-order valence-electron chi connectivity index (χ4n) is 2.81. The van der Waals surface area contributed by atoms with Crippen LogP contribution in [-0.4, -0.2) is 41.3 Å². The fraction of sp³-hybridized carbons (Fsp3) is 0.500. The predicted octanol–water partition coefficient (Wildman–Crippen LogP) is 2.89. The van der Waals surface area contributed by atoms with Crippen molar-refractivity contribution in [3.05, 3.63) is 23.3 Å². The second-order valence-corrected chi connectivity index (χ2v) is 6.43. The molecular formula is C18H22N2O4S. The summed E-state index contributed by atoms with van der Waals surface area (Å²) in [6.45, 7) is 5.32. The highest BCUT2D eigenvalue weighted by Crippen LogP contribution is 2.37. The summed E-state index contributed by atoms with van der Waals surface area (Å²) in [6.07, 6.45) is 0.650. The Morgan fingerprint density at radius 2 is 2.00 bits per heavy atom. The summed E-state index contributed by atoms with van der Waals surface area (Å²) >= 11 is 4.49. The third-order valence-corrected chi connectivity index (χ3v) is 4.49. The molecule has 1 atom stereocenters. The number of aliphatic imine (C=N–C) groups is 1. The number of fused-ring (bicyclic) bond motifs is 1. The van der Waals surface area contributed by atoms with E-state index in [9.17, 15) is 10.1 Å². The number of ether oxygens (including phenoxy) is 2. The van der Waals surface area contributed by atoms with Crippen LogP contribution in [0.3, 0.4) is 0 Å². The standard InChI is InChI=1S/C18H22N2O4S/c1-3-23-14-9-12-6-8-20-17(13(12)10-15(14)24-4-2)18(25,11-19)7-5-16(21)22/h9-10,25H,3-8H2,1-2H3,(H,21,22). The minimum atomic E-state index is -1.26. The summed E-state index contributed by atoms with van der Waals surface area (Å²) in [5.74, 6) is 0.285. The number of carbonyl (C=O) groups is 1. The maximum atomic E-state index is 10.9. The van der Waals surface area contributed by atoms with E-state index >= 15 is 0 Å². The number of hydrogen-bond acceptors (Lipinski definition) is 6. The number of rotatable bonds is 8. The number of carboxylic acids is 1. The van der Waals surface area contributed by atoms with Crippen molar-refractivity contribution >= 4 is 24.3 Å². The predicted molar refractivity (Wildman–Crippen MR) is 98.1 cm³/mol. The van der Waals surface area contributed by atoms with Gasteiger partial charge in [-0.25, -0.2) is 0 Å². The van der Waals surface area contributed by atoms with Gasteiger partial charge in [0.2, 0.25) is 0 Å². The molecule has 0 saturated carbocycles. The monoisotopic (exact) mass is 362 g/mol. The van der Waals surface area contributed by atoms with Crippen LogP contribution in [0.15, 0.2) is 17.1 Å². The Bertz CT molecular complexity index is 727. The van der Waals surface area contributed by atoms with Gasteiger partial charge in [-0.05, 0) is 44.4 Å². The molecule has 1 aromatic carbocycles. The first kappa shape index (κ1) is 19.1. The Hall–Kier alpha value is -2.20. The van der Waals surface area contributed by atoms with Crippen molar-refractivity contribution in [2.24, 2.45) is 4.99 Å². The lowest BCUT2D eigenvalue weighted by molar-refractivity contribution is -0.137. The molecule has 0 saturated heterocycles. The van der Waals surface area contributed by atoms with Crippen molar-refractivity contribution in [2.45, 2.75) is 37.9 Å². The van der Waals surface area contributed by atoms with Gasteiger partial charge in [0, 0.05) is 18.5 Å². The normalized spacial score (nSPS) is 15.4. The summed E-state index contributed by atoms with van der Waals surface area (Å²) in [6, 6.07) is 5.88. The van der Waals surface area contributed by atoms with Crippen molar-refractivity contribution in [3.8, 4) is 17.6 Å². The molecule has 7 heteroatoms. The van der Waals surface area contributed by atoms with E-state index in [1.54, 1.807) is 0 Å². The molecule has 2 rings (SSSR count). The average Bonchev–Trinajstić information content (AvgIpc) is 2.60. The van der Waals surface area contributed by atoms with Gasteiger partial charge >= 0.3 is 5.97 Å². The van der Waals surface area contributed by atoms with Gasteiger partial charge in [0.05, 0.1) is 25.0 Å². The summed E-state index contributed by atoms with van der Waals surface area (Å²) in [5.41, 5.74) is 2.28. The number of carboxylic acid groups (broad SMARTS) is 1. The minimum absolute atomic E-state index is 0.0808. The first-order chi connectivity index (χ1) is 11.9. The van der Waals surface area contributed by atoms with Gasteiger partial charge in [-0.3, -0.25) is 9.79 Å². The largest absolute Gasteiger partial charge is 0.490 e. The maximum absolute atomic E-state index is 10.9. The zero-order chi connectivity index (χ0) is 18.4. The zero-order valence-corrected chi connectivity index (χ0v) is 15.3. The molecule has 1 aliphatic heterocycles. The van der Waals surface area contributed by atoms with Crippen molar-refractivity contribution in [3.63, 3.8) is 0 Å². The Balaban J connectivity index is 2.48. The molecule has 6 nitrogen and oxygen atoms in total. The third-order valence-electron chi connectivity index (χ3n) is 3.95. The number of aliphatic carboxylic acids is 1. The number of benzene rings is 1. The minimum Gasteiger partial charge on any atom is -0.490 e. The highest BCUT2D eigenvalue weighted by atomic mass is 32.1. The summed E-state index contributed by atoms with van der Waals surface area (Å²) in [5, 5.41) is 18.6. The maximum Gasteiger partial charge on any atom is 0.303 e. The smallest absolute Gasteiger partial charge is 0.303 e. The van der Waals surface area contributed by atoms with Crippen LogP contribution in [0.4, 0.5) is 0 Å². The molecule has 0 spiro atoms. The lowest BCUT2D eigenvalue weighted by atomic mass is 9.87. The van der Waals surface area contributed by atoms with Gasteiger partial charge < -0.3 is 14.6 Å². The molecule has 1 N–H and O–H groups in total. The molecule has 25 heavy (non-hydrogen) atoms. The van der Waals surface area contributed by atoms with E-state index in [1.807, 2.05) is 26.0 Å². The molecule has 0 radical (unpaired) electrons. The van der Waals surface area contributed by atoms with Crippen molar-refractivity contribution < 1.29 is 19.4 Å². The molecule has 0 aliphatic carbocycles. The highest BCUT2D eigenvalue weighted by Gasteiger charge is 2.36. The molecule has 0 fully saturated rings. The summed E-state index contributed by atoms with van der Waals surface area (Å²) in [7, 11) is 0. The summed E-state index contributed by atoms with van der Waals surface area (Å²) < 4.78 is 10.1. The van der Waals surface area contributed by atoms with Crippen LogP contribution in [0.25, 0.3) is 0 Å². The van der Waals surface area contributed by atoms with E-state index < -0.39 is 10.7 Å². The summed E-state index contributed by atoms with van der Waals surface area (Å²) in [4.78, 5) is 15.4. The van der Waals surface area contributed by atoms with Crippen molar-refractivity contribution in [2.75, 3.05) is 19.8 Å². The molecule has 1 aliphatic rings. The van der Waals surface area contributed by atoms with Crippen LogP contribution in [0, 0.1) is 11.3 Å². The highest BCUT2D eigenvalue weighted by molar-refractivity contribution is 7.83. The Morgan fingerprint density at radius 1 is 1.36 bits per heavy atom. The van der Waals surface area contributed by atoms with Crippen LogP contribution in [0.2, 0.25) is 0 Å². The SMILES string of the molecule is CCOc1cc2c(cc1OCC)C(C(S)(C#N)CCC(=O)O)=NCC2. The van der Waals surface area contributed by atoms with Gasteiger partial charge in [0.1, 0.15) is 4.75 Å². The second kappa shape index (κ2) is 8.26. The van der Waals surface area contributed by atoms with Crippen LogP contribution in [0.5, 0.6) is 11.5 Å². The molecule has 0 aromatic heterocycles. The van der Waals surface area contributed by atoms with Gasteiger partial charge in [-0.1, -0.05) is 0 Å². The van der Waals surface area contributed by atoms with E-state index in [1.165, 1.54) is 0 Å². The topological polar surface area (TPSA) is 91.9 Å². The van der Waals surface area contributed by atoms with Gasteiger partial charge in [-0.15, -0.1) is 0 Å². The quantitative estimate of drug-likeness (QED) is 0.694. The zero-order valence-electron chi connectivity index (χ0n) is 14.4. The lowest BCUT2D eigenvalue weighted by Gasteiger charge is -2.28. The number of thiol groups is 1. The van der Waals surface area contributed by atoms with Crippen LogP contribution in [0.1, 0.15) is 37.8 Å². The molecule has 134 valence electrons. The van der Waals surface area contributed by atoms with E-state index in [2.05, 4.69) is 23.7 Å². The number of hydrogen-bond donors (Lipinski definition) is 2. The third kappa shape index (κ3) is 4.26. The molecule has 1 aromatic rings. The lowest BCUT2D eigenvalue weighted by Crippen LogP contribution is -2.35. The van der Waals surface area contributed by atoms with Crippen molar-refractivity contribution in [1.29, 1.82) is 5.26 Å². The molecule has 1 unspecified atom stereocenters. The van der Waals surface area contributed by atoms with Crippen molar-refractivity contribution in [1.82, 2.24) is 0 Å². The van der Waals surface area contributed by atoms with Crippen LogP contribution in [-0.2, 0) is 11.2 Å². The van der Waals surface area contributed by atoms with Gasteiger partial charge in [0.25, 0.3) is 0 Å². The molecule has 0 amide bonds. The number of nitriles is 1. The van der Waals surface area contributed by atoms with Gasteiger partial charge in [0.15, 0.2) is 11.5 Å². The molecular weight excluding hydrogens is 340 g/mol. The van der Waals surface area contributed by atoms with E-state index in [-0.39, 0.29) is 12.8 Å². The fourth-order valence-corrected chi connectivity index (χ4v) is 3.11. The molecule has 1 heterocycles. The van der Waals surface area contributed by atoms with Crippen LogP contribution < -0.4 is 9.47 Å². The van der Waals surface area contributed by atoms with E-state index in [4.69, 9.17) is 14.6 Å². The average molecular weight is 362 g/mol. The first-order valence-corrected chi connectivity index (χ1v) is 8.73. The Labute approximate surface area is 152 Å².